The van der Waals surface area contributed by atoms with Gasteiger partial charge in [-0.3, -0.25) is 9.58 Å². The van der Waals surface area contributed by atoms with Crippen molar-refractivity contribution < 1.29 is 9.18 Å². The molecule has 0 amide bonds. The van der Waals surface area contributed by atoms with Crippen LogP contribution in [0.4, 0.5) is 4.39 Å². The lowest BCUT2D eigenvalue weighted by atomic mass is 9.87. The van der Waals surface area contributed by atoms with Crippen LogP contribution in [-0.2, 0) is 30.7 Å². The summed E-state index contributed by atoms with van der Waals surface area (Å²) in [5.41, 5.74) is 5.77. The fraction of sp³-hybridized carbons (Fsp3) is 0.679. The number of hydrogen-bond donors (Lipinski definition) is 1. The van der Waals surface area contributed by atoms with Crippen LogP contribution in [-0.4, -0.2) is 51.8 Å². The summed E-state index contributed by atoms with van der Waals surface area (Å²) in [4.78, 5) is 18.8. The van der Waals surface area contributed by atoms with Crippen LogP contribution in [0.25, 0.3) is 0 Å². The van der Waals surface area contributed by atoms with Crippen molar-refractivity contribution in [2.24, 2.45) is 11.7 Å². The van der Waals surface area contributed by atoms with Crippen molar-refractivity contribution in [1.29, 1.82) is 0 Å². The average Bonchev–Trinajstić information content (AvgIpc) is 3.50. The minimum atomic E-state index is -1.09. The zero-order valence-electron chi connectivity index (χ0n) is 22.7. The van der Waals surface area contributed by atoms with E-state index in [4.69, 9.17) is 4.98 Å². The second-order valence-electron chi connectivity index (χ2n) is 9.92. The smallest absolute Gasteiger partial charge is 0.141 e. The van der Waals surface area contributed by atoms with Crippen molar-refractivity contribution in [3.63, 3.8) is 0 Å². The Morgan fingerprint density at radius 2 is 1.94 bits per heavy atom. The van der Waals surface area contributed by atoms with Crippen LogP contribution in [0.15, 0.2) is 12.4 Å². The summed E-state index contributed by atoms with van der Waals surface area (Å²) >= 11 is 1.82. The van der Waals surface area contributed by atoms with Crippen LogP contribution >= 0.6 is 11.3 Å². The van der Waals surface area contributed by atoms with E-state index in [9.17, 15) is 9.18 Å². The van der Waals surface area contributed by atoms with Crippen molar-refractivity contribution in [2.45, 2.75) is 97.3 Å². The summed E-state index contributed by atoms with van der Waals surface area (Å²) in [6.45, 7) is 9.03. The maximum absolute atomic E-state index is 13.7. The van der Waals surface area contributed by atoms with Gasteiger partial charge in [-0.2, -0.15) is 5.10 Å². The molecule has 2 aliphatic rings. The van der Waals surface area contributed by atoms with E-state index in [0.29, 0.717) is 13.0 Å². The zero-order valence-corrected chi connectivity index (χ0v) is 23.5. The molecule has 8 heteroatoms. The summed E-state index contributed by atoms with van der Waals surface area (Å²) in [6.07, 6.45) is 23.4. The number of carbonyl (C=O) groups excluding carboxylic acids is 1. The molecule has 0 atom stereocenters. The van der Waals surface area contributed by atoms with Crippen molar-refractivity contribution in [2.75, 3.05) is 20.1 Å². The Hall–Kier alpha value is -2.08. The SMILES string of the molecule is C#C.CC(C)(F)CCc1nc2c(s1)CCN(CCC1CCCCC1)C2.CN.Cc1cnn(CC=O)c1. The number of hydrogen-bond acceptors (Lipinski definition) is 6. The first kappa shape index (κ1) is 31.9. The van der Waals surface area contributed by atoms with Gasteiger partial charge >= 0.3 is 0 Å². The molecule has 3 heterocycles. The molecule has 4 rings (SSSR count). The Balaban J connectivity index is 0.000000417. The van der Waals surface area contributed by atoms with Crippen molar-refractivity contribution in [1.82, 2.24) is 19.7 Å². The van der Waals surface area contributed by atoms with Crippen LogP contribution in [0.2, 0.25) is 0 Å². The fourth-order valence-corrected chi connectivity index (χ4v) is 5.56. The molecule has 202 valence electrons. The number of aldehydes is 1. The monoisotopic (exact) mass is 519 g/mol. The molecule has 1 fully saturated rings. The van der Waals surface area contributed by atoms with Crippen LogP contribution in [0.5, 0.6) is 0 Å². The molecule has 2 aromatic rings. The van der Waals surface area contributed by atoms with E-state index in [0.717, 1.165) is 42.2 Å². The highest BCUT2D eigenvalue weighted by atomic mass is 32.1. The average molecular weight is 520 g/mol. The van der Waals surface area contributed by atoms with Gasteiger partial charge < -0.3 is 10.5 Å². The van der Waals surface area contributed by atoms with Crippen LogP contribution in [0.1, 0.15) is 79.9 Å². The number of nitrogens with two attached hydrogens (primary N) is 1. The Labute approximate surface area is 221 Å². The van der Waals surface area contributed by atoms with Gasteiger partial charge in [-0.15, -0.1) is 24.2 Å². The predicted octanol–water partition coefficient (Wildman–Crippen LogP) is 5.37. The highest BCUT2D eigenvalue weighted by Gasteiger charge is 2.23. The van der Waals surface area contributed by atoms with Gasteiger partial charge in [0, 0.05) is 30.6 Å². The van der Waals surface area contributed by atoms with E-state index >= 15 is 0 Å². The van der Waals surface area contributed by atoms with Crippen LogP contribution < -0.4 is 5.73 Å². The van der Waals surface area contributed by atoms with E-state index < -0.39 is 5.67 Å². The van der Waals surface area contributed by atoms with E-state index in [-0.39, 0.29) is 0 Å². The number of halogens is 1. The number of rotatable bonds is 8. The number of terminal acetylenes is 1. The summed E-state index contributed by atoms with van der Waals surface area (Å²) in [7, 11) is 1.50. The van der Waals surface area contributed by atoms with Gasteiger partial charge in [0.15, 0.2) is 0 Å². The van der Waals surface area contributed by atoms with Crippen molar-refractivity contribution >= 4 is 17.6 Å². The first-order valence-electron chi connectivity index (χ1n) is 13.0. The topological polar surface area (TPSA) is 77.0 Å². The Morgan fingerprint density at radius 3 is 2.53 bits per heavy atom. The molecule has 0 unspecified atom stereocenters. The molecule has 0 aromatic carbocycles. The molecule has 1 saturated carbocycles. The maximum atomic E-state index is 13.7. The van der Waals surface area contributed by atoms with Crippen molar-refractivity contribution in [3.05, 3.63) is 33.5 Å². The lowest BCUT2D eigenvalue weighted by molar-refractivity contribution is -0.108. The number of nitrogens with zero attached hydrogens (tertiary/aromatic N) is 4. The second-order valence-corrected chi connectivity index (χ2v) is 11.1. The number of carbonyl (C=O) groups is 1. The number of aromatic nitrogens is 3. The number of fused-ring (bicyclic) bond motifs is 1. The lowest BCUT2D eigenvalue weighted by Crippen LogP contribution is -2.32. The fourth-order valence-electron chi connectivity index (χ4n) is 4.49. The molecule has 6 nitrogen and oxygen atoms in total. The van der Waals surface area contributed by atoms with E-state index in [1.807, 2.05) is 24.5 Å². The molecule has 1 aliphatic heterocycles. The molecule has 0 spiro atoms. The van der Waals surface area contributed by atoms with Gasteiger partial charge in [-0.1, -0.05) is 32.1 Å². The first-order chi connectivity index (χ1) is 17.3. The minimum absolute atomic E-state index is 0.355. The highest BCUT2D eigenvalue weighted by Crippen LogP contribution is 2.30. The van der Waals surface area contributed by atoms with Gasteiger partial charge in [0.25, 0.3) is 0 Å². The highest BCUT2D eigenvalue weighted by molar-refractivity contribution is 7.11. The van der Waals surface area contributed by atoms with Crippen LogP contribution in [0.3, 0.4) is 0 Å². The summed E-state index contributed by atoms with van der Waals surface area (Å²) in [5.74, 6) is 0.961. The van der Waals surface area contributed by atoms with E-state index in [1.165, 1.54) is 69.2 Å². The summed E-state index contributed by atoms with van der Waals surface area (Å²) in [6, 6.07) is 0. The first-order valence-corrected chi connectivity index (χ1v) is 13.9. The molecule has 0 bridgehead atoms. The molecular weight excluding hydrogens is 473 g/mol. The number of alkyl halides is 1. The van der Waals surface area contributed by atoms with Gasteiger partial charge in [0.05, 0.1) is 23.4 Å². The molecular formula is C28H46FN5OS. The second kappa shape index (κ2) is 17.4. The predicted molar refractivity (Wildman–Crippen MR) is 149 cm³/mol. The normalized spacial score (nSPS) is 15.8. The molecule has 1 aliphatic carbocycles. The standard InChI is InChI=1S/C19H31FN2S.C6H8N2O.C2H2.CH5N/c1-19(2,20)11-8-18-21-16-14-22(13-10-17(16)23-18)12-9-15-6-4-3-5-7-15;1-6-4-7-8(5-6)2-3-9;2*1-2/h15H,3-14H2,1-2H3;3-5H,2H2,1H3;1-2H;2H2,1H3. The Morgan fingerprint density at radius 1 is 1.25 bits per heavy atom. The lowest BCUT2D eigenvalue weighted by Gasteiger charge is -2.29. The van der Waals surface area contributed by atoms with E-state index in [1.54, 1.807) is 24.7 Å². The number of aryl methyl sites for hydroxylation is 2. The van der Waals surface area contributed by atoms with Crippen LogP contribution in [0, 0.1) is 25.7 Å². The minimum Gasteiger partial charge on any atom is -0.333 e. The largest absolute Gasteiger partial charge is 0.333 e. The molecule has 2 aromatic heterocycles. The van der Waals surface area contributed by atoms with Gasteiger partial charge in [-0.05, 0) is 65.1 Å². The Kier molecular flexibility index (Phi) is 15.4. The zero-order chi connectivity index (χ0) is 27.0. The third-order valence-corrected chi connectivity index (χ3v) is 7.60. The molecule has 0 saturated heterocycles. The summed E-state index contributed by atoms with van der Waals surface area (Å²) in [5, 5.41) is 5.03. The third kappa shape index (κ3) is 12.2. The third-order valence-electron chi connectivity index (χ3n) is 6.39. The molecule has 36 heavy (non-hydrogen) atoms. The van der Waals surface area contributed by atoms with Gasteiger partial charge in [-0.25, -0.2) is 9.37 Å². The van der Waals surface area contributed by atoms with Gasteiger partial charge in [0.1, 0.15) is 12.0 Å². The number of thiazole rings is 1. The Bertz CT molecular complexity index is 880. The summed E-state index contributed by atoms with van der Waals surface area (Å²) < 4.78 is 15.3. The van der Waals surface area contributed by atoms with Gasteiger partial charge in [0.2, 0.25) is 0 Å². The quantitative estimate of drug-likeness (QED) is 0.375. The molecule has 2 N–H and O–H groups in total. The van der Waals surface area contributed by atoms with E-state index in [2.05, 4.69) is 28.6 Å². The van der Waals surface area contributed by atoms with Crippen molar-refractivity contribution in [3.8, 4) is 12.8 Å². The maximum Gasteiger partial charge on any atom is 0.141 e. The molecule has 0 radical (unpaired) electrons.